The fourth-order valence-electron chi connectivity index (χ4n) is 2.14. The highest BCUT2D eigenvalue weighted by atomic mass is 19.1. The zero-order chi connectivity index (χ0) is 14.7. The van der Waals surface area contributed by atoms with Crippen LogP contribution in [0, 0.1) is 29.8 Å². The molecule has 0 fully saturated rings. The molecule has 0 aliphatic heterocycles. The topological polar surface area (TPSA) is 55.2 Å². The van der Waals surface area contributed by atoms with Crippen molar-refractivity contribution in [3.05, 3.63) is 69.0 Å². The van der Waals surface area contributed by atoms with E-state index in [1.165, 1.54) is 12.1 Å². The van der Waals surface area contributed by atoms with E-state index in [1.807, 2.05) is 6.07 Å². The van der Waals surface area contributed by atoms with Gasteiger partial charge in [-0.1, -0.05) is 24.3 Å². The van der Waals surface area contributed by atoms with Gasteiger partial charge in [-0.15, -0.1) is 0 Å². The lowest BCUT2D eigenvalue weighted by molar-refractivity contribution is -0.384. The van der Waals surface area contributed by atoms with E-state index in [0.717, 1.165) is 11.1 Å². The van der Waals surface area contributed by atoms with Crippen molar-refractivity contribution >= 4 is 11.4 Å². The maximum Gasteiger partial charge on any atom is 0.292 e. The van der Waals surface area contributed by atoms with Crippen LogP contribution in [0.3, 0.4) is 0 Å². The number of hydrogen-bond donors (Lipinski definition) is 1. The maximum atomic E-state index is 13.5. The molecule has 0 radical (unpaired) electrons. The predicted molar refractivity (Wildman–Crippen MR) is 76.3 cm³/mol. The lowest BCUT2D eigenvalue weighted by atomic mass is 10.1. The van der Waals surface area contributed by atoms with Gasteiger partial charge in [-0.05, 0) is 31.0 Å². The molecule has 5 heteroatoms. The van der Waals surface area contributed by atoms with Crippen LogP contribution in [0.15, 0.2) is 36.4 Å². The van der Waals surface area contributed by atoms with E-state index < -0.39 is 4.92 Å². The molecular weight excluding hydrogens is 259 g/mol. The number of benzene rings is 2. The van der Waals surface area contributed by atoms with Crippen molar-refractivity contribution in [2.75, 3.05) is 5.32 Å². The van der Waals surface area contributed by atoms with Gasteiger partial charge < -0.3 is 5.32 Å². The van der Waals surface area contributed by atoms with Crippen molar-refractivity contribution in [3.8, 4) is 0 Å². The third kappa shape index (κ3) is 2.93. The van der Waals surface area contributed by atoms with Crippen LogP contribution in [-0.2, 0) is 6.54 Å². The molecule has 0 unspecified atom stereocenters. The van der Waals surface area contributed by atoms with Crippen molar-refractivity contribution in [2.24, 2.45) is 0 Å². The van der Waals surface area contributed by atoms with Crippen LogP contribution < -0.4 is 5.32 Å². The minimum absolute atomic E-state index is 0.0128. The SMILES string of the molecule is Cc1cc(C)c(NCc2ccccc2F)c([N+](=O)[O-])c1. The second-order valence-electron chi connectivity index (χ2n) is 4.68. The molecule has 2 rings (SSSR count). The fraction of sp³-hybridized carbons (Fsp3) is 0.200. The Morgan fingerprint density at radius 3 is 2.60 bits per heavy atom. The molecule has 0 aromatic heterocycles. The molecule has 0 spiro atoms. The first-order valence-corrected chi connectivity index (χ1v) is 6.22. The van der Waals surface area contributed by atoms with E-state index in [-0.39, 0.29) is 18.0 Å². The van der Waals surface area contributed by atoms with Crippen molar-refractivity contribution < 1.29 is 9.31 Å². The van der Waals surface area contributed by atoms with E-state index in [1.54, 1.807) is 32.0 Å². The van der Waals surface area contributed by atoms with Crippen LogP contribution in [-0.4, -0.2) is 4.92 Å². The number of anilines is 1. The maximum absolute atomic E-state index is 13.5. The van der Waals surface area contributed by atoms with Gasteiger partial charge in [0, 0.05) is 18.2 Å². The Morgan fingerprint density at radius 2 is 1.95 bits per heavy atom. The summed E-state index contributed by atoms with van der Waals surface area (Å²) in [4.78, 5) is 10.7. The average molecular weight is 274 g/mol. The Balaban J connectivity index is 2.30. The van der Waals surface area contributed by atoms with E-state index >= 15 is 0 Å². The standard InChI is InChI=1S/C15H15FN2O2/c1-10-7-11(2)15(14(8-10)18(19)20)17-9-12-5-3-4-6-13(12)16/h3-8,17H,9H2,1-2H3. The van der Waals surface area contributed by atoms with Gasteiger partial charge in [-0.3, -0.25) is 10.1 Å². The largest absolute Gasteiger partial charge is 0.375 e. The van der Waals surface area contributed by atoms with E-state index in [9.17, 15) is 14.5 Å². The monoisotopic (exact) mass is 274 g/mol. The third-order valence-electron chi connectivity index (χ3n) is 3.07. The minimum atomic E-state index is -0.427. The van der Waals surface area contributed by atoms with Gasteiger partial charge in [-0.2, -0.15) is 0 Å². The van der Waals surface area contributed by atoms with Crippen LogP contribution in [0.25, 0.3) is 0 Å². The Hall–Kier alpha value is -2.43. The van der Waals surface area contributed by atoms with E-state index in [0.29, 0.717) is 11.3 Å². The second kappa shape index (κ2) is 5.69. The lowest BCUT2D eigenvalue weighted by Gasteiger charge is -2.11. The molecule has 2 aromatic carbocycles. The first-order chi connectivity index (χ1) is 9.49. The number of aryl methyl sites for hydroxylation is 2. The van der Waals surface area contributed by atoms with Crippen molar-refractivity contribution in [1.82, 2.24) is 0 Å². The zero-order valence-corrected chi connectivity index (χ0v) is 11.3. The molecule has 0 saturated carbocycles. The summed E-state index contributed by atoms with van der Waals surface area (Å²) in [5.41, 5.74) is 2.52. The molecule has 20 heavy (non-hydrogen) atoms. The van der Waals surface area contributed by atoms with Crippen molar-refractivity contribution in [1.29, 1.82) is 0 Å². The smallest absolute Gasteiger partial charge is 0.292 e. The van der Waals surface area contributed by atoms with Crippen LogP contribution in [0.1, 0.15) is 16.7 Å². The molecule has 0 aliphatic rings. The van der Waals surface area contributed by atoms with Crippen LogP contribution >= 0.6 is 0 Å². The molecule has 2 aromatic rings. The van der Waals surface area contributed by atoms with Crippen molar-refractivity contribution in [3.63, 3.8) is 0 Å². The molecule has 0 amide bonds. The van der Waals surface area contributed by atoms with Crippen LogP contribution in [0.2, 0.25) is 0 Å². The second-order valence-corrected chi connectivity index (χ2v) is 4.68. The highest BCUT2D eigenvalue weighted by Crippen LogP contribution is 2.30. The molecule has 1 N–H and O–H groups in total. The number of rotatable bonds is 4. The number of nitro benzene ring substituents is 1. The molecular formula is C15H15FN2O2. The highest BCUT2D eigenvalue weighted by Gasteiger charge is 2.16. The van der Waals surface area contributed by atoms with Crippen LogP contribution in [0.4, 0.5) is 15.8 Å². The molecule has 104 valence electrons. The highest BCUT2D eigenvalue weighted by molar-refractivity contribution is 5.67. The third-order valence-corrected chi connectivity index (χ3v) is 3.07. The summed E-state index contributed by atoms with van der Waals surface area (Å²) >= 11 is 0. The summed E-state index contributed by atoms with van der Waals surface area (Å²) in [5.74, 6) is -0.326. The quantitative estimate of drug-likeness (QED) is 0.678. The summed E-state index contributed by atoms with van der Waals surface area (Å²) in [5, 5.41) is 14.1. The van der Waals surface area contributed by atoms with Gasteiger partial charge in [0.15, 0.2) is 0 Å². The Morgan fingerprint density at radius 1 is 1.25 bits per heavy atom. The fourth-order valence-corrected chi connectivity index (χ4v) is 2.14. The number of hydrogen-bond acceptors (Lipinski definition) is 3. The van der Waals surface area contributed by atoms with Gasteiger partial charge in [-0.25, -0.2) is 4.39 Å². The van der Waals surface area contributed by atoms with Gasteiger partial charge in [0.25, 0.3) is 5.69 Å². The summed E-state index contributed by atoms with van der Waals surface area (Å²) in [6.45, 7) is 3.81. The normalized spacial score (nSPS) is 10.3. The molecule has 0 saturated heterocycles. The summed E-state index contributed by atoms with van der Waals surface area (Å²) in [6, 6.07) is 9.73. The minimum Gasteiger partial charge on any atom is -0.375 e. The summed E-state index contributed by atoms with van der Waals surface area (Å²) < 4.78 is 13.5. The number of nitrogens with zero attached hydrogens (tertiary/aromatic N) is 1. The number of nitro groups is 1. The summed E-state index contributed by atoms with van der Waals surface area (Å²) in [6.07, 6.45) is 0. The van der Waals surface area contributed by atoms with Crippen molar-refractivity contribution in [2.45, 2.75) is 20.4 Å². The molecule has 0 heterocycles. The van der Waals surface area contributed by atoms with Crippen LogP contribution in [0.5, 0.6) is 0 Å². The number of halogens is 1. The molecule has 4 nitrogen and oxygen atoms in total. The molecule has 0 atom stereocenters. The van der Waals surface area contributed by atoms with Gasteiger partial charge in [0.05, 0.1) is 4.92 Å². The molecule has 0 bridgehead atoms. The predicted octanol–water partition coefficient (Wildman–Crippen LogP) is 3.96. The van der Waals surface area contributed by atoms with E-state index in [4.69, 9.17) is 0 Å². The first-order valence-electron chi connectivity index (χ1n) is 6.22. The van der Waals surface area contributed by atoms with Gasteiger partial charge in [0.1, 0.15) is 11.5 Å². The lowest BCUT2D eigenvalue weighted by Crippen LogP contribution is -2.06. The average Bonchev–Trinajstić information content (AvgIpc) is 2.38. The zero-order valence-electron chi connectivity index (χ0n) is 11.3. The summed E-state index contributed by atoms with van der Waals surface area (Å²) in [7, 11) is 0. The van der Waals surface area contributed by atoms with E-state index in [2.05, 4.69) is 5.32 Å². The Kier molecular flexibility index (Phi) is 3.98. The Labute approximate surface area is 116 Å². The number of nitrogens with one attached hydrogen (secondary N) is 1. The first kappa shape index (κ1) is 14.0. The van der Waals surface area contributed by atoms with Gasteiger partial charge >= 0.3 is 0 Å². The molecule has 0 aliphatic carbocycles. The van der Waals surface area contributed by atoms with Gasteiger partial charge in [0.2, 0.25) is 0 Å². The Bertz CT molecular complexity index is 656.